The molecule has 0 aliphatic heterocycles. The van der Waals surface area contributed by atoms with E-state index in [0.29, 0.717) is 17.9 Å². The summed E-state index contributed by atoms with van der Waals surface area (Å²) in [5, 5.41) is 31.6. The number of carbonyl (C=O) groups is 4. The number of rotatable bonds is 11. The Morgan fingerprint density at radius 3 is 1.74 bits per heavy atom. The first-order valence-corrected chi connectivity index (χ1v) is 12.9. The molecule has 2 unspecified atom stereocenters. The van der Waals surface area contributed by atoms with Crippen LogP contribution in [0.5, 0.6) is 0 Å². The third kappa shape index (κ3) is 6.29. The Bertz CT molecular complexity index is 1320. The van der Waals surface area contributed by atoms with Crippen LogP contribution in [0.1, 0.15) is 23.5 Å². The van der Waals surface area contributed by atoms with E-state index in [4.69, 9.17) is 11.6 Å². The first-order chi connectivity index (χ1) is 18.7. The third-order valence-electron chi connectivity index (χ3n) is 7.38. The van der Waals surface area contributed by atoms with E-state index in [1.165, 1.54) is 0 Å². The number of nitrogens with one attached hydrogen (secondary N) is 1. The van der Waals surface area contributed by atoms with Crippen LogP contribution < -0.4 is 5.32 Å². The topological polar surface area (TPSA) is 141 Å². The minimum Gasteiger partial charge on any atom is -0.481 e. The van der Waals surface area contributed by atoms with Crippen molar-refractivity contribution in [3.8, 4) is 11.1 Å². The highest BCUT2D eigenvalue weighted by atomic mass is 35.5. The Morgan fingerprint density at radius 1 is 0.692 bits per heavy atom. The summed E-state index contributed by atoms with van der Waals surface area (Å²) in [5.41, 5.74) is 4.24. The maximum Gasteiger partial charge on any atom is 0.308 e. The lowest BCUT2D eigenvalue weighted by atomic mass is 9.56. The van der Waals surface area contributed by atoms with E-state index in [-0.39, 0.29) is 12.5 Å². The van der Waals surface area contributed by atoms with E-state index in [2.05, 4.69) is 5.32 Å². The van der Waals surface area contributed by atoms with Gasteiger partial charge in [0, 0.05) is 11.6 Å². The summed E-state index contributed by atoms with van der Waals surface area (Å²) in [4.78, 5) is 47.7. The van der Waals surface area contributed by atoms with Crippen molar-refractivity contribution in [3.05, 3.63) is 95.0 Å². The van der Waals surface area contributed by atoms with Gasteiger partial charge in [-0.2, -0.15) is 0 Å². The summed E-state index contributed by atoms with van der Waals surface area (Å²) in [6, 6.07) is 25.6. The molecule has 1 aliphatic rings. The standard InChI is InChI=1S/C30H28ClNO7/c31-22-12-6-17(7-13-22)16-21(20-10-8-19(9-11-20)18-4-2-1-3-5-18)14-15-32-27(33)23-24(28(34)35)26(30(38)39)25(23)29(36)37/h1-13,21,23-26H,14-16H2,(H,32,33)(H,34,35)(H,36,37)(H,38,39)/t21-,23?,24-,25+,26?/m0/s1. The van der Waals surface area contributed by atoms with Crippen LogP contribution in [0.4, 0.5) is 0 Å². The van der Waals surface area contributed by atoms with Gasteiger partial charge < -0.3 is 20.6 Å². The lowest BCUT2D eigenvalue weighted by molar-refractivity contribution is -0.187. The predicted octanol–water partition coefficient (Wildman–Crippen LogP) is 4.57. The molecule has 0 bridgehead atoms. The van der Waals surface area contributed by atoms with E-state index in [0.717, 1.165) is 22.3 Å². The molecule has 0 saturated heterocycles. The van der Waals surface area contributed by atoms with Crippen LogP contribution in [0, 0.1) is 23.7 Å². The Hall–Kier alpha value is -4.17. The van der Waals surface area contributed by atoms with Crippen LogP contribution in [0.3, 0.4) is 0 Å². The number of amides is 1. The molecule has 1 saturated carbocycles. The van der Waals surface area contributed by atoms with Gasteiger partial charge in [0.1, 0.15) is 0 Å². The summed E-state index contributed by atoms with van der Waals surface area (Å²) in [6.07, 6.45) is 1.14. The summed E-state index contributed by atoms with van der Waals surface area (Å²) < 4.78 is 0. The monoisotopic (exact) mass is 549 g/mol. The highest BCUT2D eigenvalue weighted by Gasteiger charge is 2.63. The third-order valence-corrected chi connectivity index (χ3v) is 7.63. The van der Waals surface area contributed by atoms with Gasteiger partial charge in [-0.3, -0.25) is 19.2 Å². The second-order valence-electron chi connectivity index (χ2n) is 9.71. The summed E-state index contributed by atoms with van der Waals surface area (Å²) in [7, 11) is 0. The number of halogens is 1. The van der Waals surface area contributed by atoms with Gasteiger partial charge in [0.05, 0.1) is 23.7 Å². The van der Waals surface area contributed by atoms with Crippen LogP contribution >= 0.6 is 11.6 Å². The zero-order valence-electron chi connectivity index (χ0n) is 20.9. The molecule has 0 heterocycles. The number of hydrogen-bond donors (Lipinski definition) is 4. The fraction of sp³-hybridized carbons (Fsp3) is 0.267. The van der Waals surface area contributed by atoms with E-state index in [1.54, 1.807) is 0 Å². The Kier molecular flexibility index (Phi) is 8.66. The molecule has 4 rings (SSSR count). The number of benzene rings is 3. The lowest BCUT2D eigenvalue weighted by Crippen LogP contribution is -2.62. The van der Waals surface area contributed by atoms with Gasteiger partial charge in [0.15, 0.2) is 0 Å². The smallest absolute Gasteiger partial charge is 0.308 e. The van der Waals surface area contributed by atoms with Crippen molar-refractivity contribution in [2.45, 2.75) is 18.8 Å². The van der Waals surface area contributed by atoms with Crippen molar-refractivity contribution < 1.29 is 34.5 Å². The highest BCUT2D eigenvalue weighted by molar-refractivity contribution is 6.30. The molecule has 9 heteroatoms. The van der Waals surface area contributed by atoms with Crippen LogP contribution in [0.2, 0.25) is 5.02 Å². The number of carboxylic acid groups (broad SMARTS) is 3. The fourth-order valence-corrected chi connectivity index (χ4v) is 5.48. The number of aliphatic carboxylic acids is 3. The Labute approximate surface area is 230 Å². The summed E-state index contributed by atoms with van der Waals surface area (Å²) in [6.45, 7) is 0.157. The van der Waals surface area contributed by atoms with E-state index >= 15 is 0 Å². The molecule has 202 valence electrons. The van der Waals surface area contributed by atoms with Gasteiger partial charge in [0.2, 0.25) is 5.91 Å². The van der Waals surface area contributed by atoms with E-state index in [9.17, 15) is 34.5 Å². The van der Waals surface area contributed by atoms with Crippen molar-refractivity contribution in [1.29, 1.82) is 0 Å². The van der Waals surface area contributed by atoms with Crippen molar-refractivity contribution in [1.82, 2.24) is 5.32 Å². The second-order valence-corrected chi connectivity index (χ2v) is 10.1. The molecule has 1 amide bonds. The fourth-order valence-electron chi connectivity index (χ4n) is 5.35. The lowest BCUT2D eigenvalue weighted by Gasteiger charge is -2.43. The second kappa shape index (κ2) is 12.1. The average molecular weight is 550 g/mol. The van der Waals surface area contributed by atoms with Crippen molar-refractivity contribution in [2.24, 2.45) is 23.7 Å². The van der Waals surface area contributed by atoms with Gasteiger partial charge in [-0.25, -0.2) is 0 Å². The van der Waals surface area contributed by atoms with Gasteiger partial charge in [0.25, 0.3) is 0 Å². The van der Waals surface area contributed by atoms with E-state index < -0.39 is 47.5 Å². The van der Waals surface area contributed by atoms with Gasteiger partial charge in [-0.15, -0.1) is 0 Å². The number of hydrogen-bond acceptors (Lipinski definition) is 4. The summed E-state index contributed by atoms with van der Waals surface area (Å²) >= 11 is 6.04. The van der Waals surface area contributed by atoms with Gasteiger partial charge >= 0.3 is 17.9 Å². The van der Waals surface area contributed by atoms with E-state index in [1.807, 2.05) is 78.9 Å². The predicted molar refractivity (Wildman–Crippen MR) is 144 cm³/mol. The van der Waals surface area contributed by atoms with Crippen LogP contribution in [0.25, 0.3) is 11.1 Å². The molecule has 1 aliphatic carbocycles. The maximum atomic E-state index is 12.9. The van der Waals surface area contributed by atoms with Gasteiger partial charge in [-0.1, -0.05) is 78.3 Å². The minimum absolute atomic E-state index is 0.0185. The van der Waals surface area contributed by atoms with Crippen molar-refractivity contribution in [2.75, 3.05) is 6.54 Å². The zero-order valence-corrected chi connectivity index (χ0v) is 21.6. The Balaban J connectivity index is 1.49. The first kappa shape index (κ1) is 27.9. The summed E-state index contributed by atoms with van der Waals surface area (Å²) in [5.74, 6) is -11.6. The zero-order chi connectivity index (χ0) is 28.1. The van der Waals surface area contributed by atoms with Crippen LogP contribution in [-0.4, -0.2) is 45.7 Å². The Morgan fingerprint density at radius 2 is 1.21 bits per heavy atom. The quantitative estimate of drug-likeness (QED) is 0.274. The molecule has 0 spiro atoms. The average Bonchev–Trinajstić information content (AvgIpc) is 2.88. The number of carbonyl (C=O) groups excluding carboxylic acids is 1. The molecule has 3 aromatic carbocycles. The van der Waals surface area contributed by atoms with Gasteiger partial charge in [-0.05, 0) is 53.1 Å². The molecule has 3 aromatic rings. The molecule has 4 N–H and O–H groups in total. The van der Waals surface area contributed by atoms with Crippen molar-refractivity contribution >= 4 is 35.4 Å². The SMILES string of the molecule is O=C(O)C1[C@@H](C(=O)O)C(C(=O)NCC[C@@H](Cc2ccc(Cl)cc2)c2ccc(-c3ccccc3)cc2)[C@H]1C(=O)O. The molecular weight excluding hydrogens is 522 g/mol. The van der Waals surface area contributed by atoms with Crippen LogP contribution in [-0.2, 0) is 25.6 Å². The molecule has 39 heavy (non-hydrogen) atoms. The minimum atomic E-state index is -1.66. The molecule has 0 aromatic heterocycles. The number of carboxylic acids is 3. The maximum absolute atomic E-state index is 12.9. The first-order valence-electron chi connectivity index (χ1n) is 12.5. The van der Waals surface area contributed by atoms with Crippen LogP contribution in [0.15, 0.2) is 78.9 Å². The molecule has 0 radical (unpaired) electrons. The molecular formula is C30H28ClNO7. The normalized spacial score (nSPS) is 20.8. The molecule has 5 atom stereocenters. The van der Waals surface area contributed by atoms with Crippen molar-refractivity contribution in [3.63, 3.8) is 0 Å². The molecule has 1 fully saturated rings. The largest absolute Gasteiger partial charge is 0.481 e. The highest BCUT2D eigenvalue weighted by Crippen LogP contribution is 2.47. The molecule has 8 nitrogen and oxygen atoms in total.